The van der Waals surface area contributed by atoms with Crippen molar-refractivity contribution < 1.29 is 4.79 Å². The predicted molar refractivity (Wildman–Crippen MR) is 110 cm³/mol. The van der Waals surface area contributed by atoms with E-state index in [9.17, 15) is 9.59 Å². The van der Waals surface area contributed by atoms with Gasteiger partial charge >= 0.3 is 0 Å². The lowest BCUT2D eigenvalue weighted by molar-refractivity contribution is -0.123. The molecule has 0 aliphatic carbocycles. The Bertz CT molecular complexity index is 1070. The van der Waals surface area contributed by atoms with Crippen molar-refractivity contribution in [2.75, 3.05) is 11.4 Å². The summed E-state index contributed by atoms with van der Waals surface area (Å²) >= 11 is 1.35. The van der Waals surface area contributed by atoms with Gasteiger partial charge in [-0.1, -0.05) is 41.7 Å². The summed E-state index contributed by atoms with van der Waals surface area (Å²) < 4.78 is 1.31. The van der Waals surface area contributed by atoms with Crippen molar-refractivity contribution in [3.8, 4) is 0 Å². The molecule has 0 saturated carbocycles. The first kappa shape index (κ1) is 18.6. The van der Waals surface area contributed by atoms with Crippen LogP contribution in [-0.4, -0.2) is 33.1 Å². The second kappa shape index (κ2) is 7.01. The largest absolute Gasteiger partial charge is 0.345 e. The number of benzene rings is 1. The average Bonchev–Trinajstić information content (AvgIpc) is 3.28. The number of amides is 1. The zero-order valence-corrected chi connectivity index (χ0v) is 17.0. The van der Waals surface area contributed by atoms with Crippen molar-refractivity contribution in [2.45, 2.75) is 45.2 Å². The lowest BCUT2D eigenvalue weighted by atomic mass is 9.94. The molecular weight excluding hydrogens is 374 g/mol. The molecule has 0 radical (unpaired) electrons. The molecule has 0 unspecified atom stereocenters. The molecule has 1 amide bonds. The monoisotopic (exact) mass is 397 g/mol. The maximum atomic E-state index is 13.1. The van der Waals surface area contributed by atoms with E-state index < -0.39 is 5.54 Å². The van der Waals surface area contributed by atoms with Crippen LogP contribution in [0.25, 0.3) is 4.96 Å². The number of hydrogen-bond donors (Lipinski definition) is 1. The van der Waals surface area contributed by atoms with Gasteiger partial charge in [-0.25, -0.2) is 4.98 Å². The van der Waals surface area contributed by atoms with Crippen LogP contribution in [0.2, 0.25) is 0 Å². The number of fused-ring (bicyclic) bond motifs is 1. The first-order valence-corrected chi connectivity index (χ1v) is 10.2. The van der Waals surface area contributed by atoms with Crippen LogP contribution in [0, 0.1) is 6.92 Å². The molecule has 146 valence electrons. The molecule has 2 aromatic heterocycles. The molecule has 1 saturated heterocycles. The third kappa shape index (κ3) is 3.40. The summed E-state index contributed by atoms with van der Waals surface area (Å²) in [6.45, 7) is 6.53. The highest BCUT2D eigenvalue weighted by molar-refractivity contribution is 7.20. The zero-order valence-electron chi connectivity index (χ0n) is 16.2. The summed E-state index contributed by atoms with van der Waals surface area (Å²) in [6.07, 6.45) is 1.66. The lowest BCUT2D eigenvalue weighted by Gasteiger charge is -2.31. The summed E-state index contributed by atoms with van der Waals surface area (Å²) in [6, 6.07) is 11.1. The minimum Gasteiger partial charge on any atom is -0.345 e. The Morgan fingerprint density at radius 2 is 2.04 bits per heavy atom. The molecule has 3 aromatic rings. The fourth-order valence-corrected chi connectivity index (χ4v) is 4.64. The first-order valence-electron chi connectivity index (χ1n) is 9.37. The standard InChI is InChI=1S/C20H23N5O2S/c1-13-12-16(26)25-18(21-13)28-19(23-25)24-11-7-10-15(24)17(27)22-20(2,3)14-8-5-4-6-9-14/h4-6,8-9,12,15H,7,10-11H2,1-3H3,(H,22,27)/t15-/m1/s1. The number of aryl methyl sites for hydroxylation is 1. The predicted octanol–water partition coefficient (Wildman–Crippen LogP) is 2.48. The average molecular weight is 398 g/mol. The molecule has 8 heteroatoms. The van der Waals surface area contributed by atoms with E-state index in [0.29, 0.717) is 15.8 Å². The highest BCUT2D eigenvalue weighted by Gasteiger charge is 2.35. The van der Waals surface area contributed by atoms with Gasteiger partial charge in [-0.3, -0.25) is 9.59 Å². The number of anilines is 1. The zero-order chi connectivity index (χ0) is 19.9. The maximum Gasteiger partial charge on any atom is 0.275 e. The fraction of sp³-hybridized carbons (Fsp3) is 0.400. The van der Waals surface area contributed by atoms with Crippen molar-refractivity contribution in [2.24, 2.45) is 0 Å². The van der Waals surface area contributed by atoms with Gasteiger partial charge in [0, 0.05) is 18.3 Å². The van der Waals surface area contributed by atoms with E-state index in [0.717, 1.165) is 24.9 Å². The minimum absolute atomic E-state index is 0.0258. The maximum absolute atomic E-state index is 13.1. The van der Waals surface area contributed by atoms with E-state index in [1.54, 1.807) is 6.92 Å². The minimum atomic E-state index is -0.476. The fourth-order valence-electron chi connectivity index (χ4n) is 3.61. The Hall–Kier alpha value is -2.74. The van der Waals surface area contributed by atoms with E-state index in [-0.39, 0.29) is 17.5 Å². The molecule has 7 nitrogen and oxygen atoms in total. The number of carbonyl (C=O) groups excluding carboxylic acids is 1. The van der Waals surface area contributed by atoms with Crippen molar-refractivity contribution in [1.29, 1.82) is 0 Å². The van der Waals surface area contributed by atoms with Gasteiger partial charge in [0.05, 0.1) is 5.54 Å². The van der Waals surface area contributed by atoms with Gasteiger partial charge in [0.2, 0.25) is 16.0 Å². The molecule has 4 rings (SSSR count). The molecular formula is C20H23N5O2S. The Morgan fingerprint density at radius 1 is 1.29 bits per heavy atom. The second-order valence-corrected chi connectivity index (χ2v) is 8.58. The topological polar surface area (TPSA) is 79.6 Å². The van der Waals surface area contributed by atoms with Crippen LogP contribution in [0.1, 0.15) is 37.9 Å². The summed E-state index contributed by atoms with van der Waals surface area (Å²) in [7, 11) is 0. The van der Waals surface area contributed by atoms with Crippen LogP contribution in [0.4, 0.5) is 5.13 Å². The highest BCUT2D eigenvalue weighted by Crippen LogP contribution is 2.30. The van der Waals surface area contributed by atoms with Gasteiger partial charge in [-0.2, -0.15) is 4.52 Å². The highest BCUT2D eigenvalue weighted by atomic mass is 32.1. The number of hydrogen-bond acceptors (Lipinski definition) is 6. The molecule has 0 spiro atoms. The van der Waals surface area contributed by atoms with Crippen molar-refractivity contribution >= 4 is 27.3 Å². The van der Waals surface area contributed by atoms with Crippen LogP contribution in [0.5, 0.6) is 0 Å². The van der Waals surface area contributed by atoms with Crippen LogP contribution in [-0.2, 0) is 10.3 Å². The van der Waals surface area contributed by atoms with Gasteiger partial charge in [0.1, 0.15) is 6.04 Å². The van der Waals surface area contributed by atoms with E-state index in [2.05, 4.69) is 15.4 Å². The Morgan fingerprint density at radius 3 is 2.79 bits per heavy atom. The van der Waals surface area contributed by atoms with Gasteiger partial charge in [0.25, 0.3) is 5.56 Å². The lowest BCUT2D eigenvalue weighted by Crippen LogP contribution is -2.50. The normalized spacial score (nSPS) is 17.2. The number of carbonyl (C=O) groups is 1. The summed E-state index contributed by atoms with van der Waals surface area (Å²) in [5, 5.41) is 8.27. The van der Waals surface area contributed by atoms with E-state index >= 15 is 0 Å². The van der Waals surface area contributed by atoms with Crippen LogP contribution in [0.15, 0.2) is 41.2 Å². The van der Waals surface area contributed by atoms with E-state index in [4.69, 9.17) is 0 Å². The number of nitrogens with zero attached hydrogens (tertiary/aromatic N) is 4. The van der Waals surface area contributed by atoms with Crippen molar-refractivity contribution in [3.05, 3.63) is 58.0 Å². The van der Waals surface area contributed by atoms with Crippen LogP contribution < -0.4 is 15.8 Å². The van der Waals surface area contributed by atoms with E-state index in [1.807, 2.05) is 49.1 Å². The SMILES string of the molecule is Cc1cc(=O)n2nc(N3CCC[C@@H]3C(=O)NC(C)(C)c3ccccc3)sc2n1. The Labute approximate surface area is 167 Å². The molecule has 0 bridgehead atoms. The molecule has 1 N–H and O–H groups in total. The van der Waals surface area contributed by atoms with Crippen molar-refractivity contribution in [1.82, 2.24) is 19.9 Å². The molecule has 1 fully saturated rings. The third-order valence-electron chi connectivity index (χ3n) is 5.09. The van der Waals surface area contributed by atoms with Crippen molar-refractivity contribution in [3.63, 3.8) is 0 Å². The molecule has 1 aromatic carbocycles. The number of aromatic nitrogens is 3. The molecule has 28 heavy (non-hydrogen) atoms. The number of nitrogens with one attached hydrogen (secondary N) is 1. The second-order valence-electron chi connectivity index (χ2n) is 7.65. The van der Waals surface area contributed by atoms with Gasteiger partial charge in [-0.05, 0) is 39.2 Å². The Kier molecular flexibility index (Phi) is 4.66. The van der Waals surface area contributed by atoms with Crippen LogP contribution >= 0.6 is 11.3 Å². The van der Waals surface area contributed by atoms with Gasteiger partial charge in [0.15, 0.2) is 0 Å². The smallest absolute Gasteiger partial charge is 0.275 e. The summed E-state index contributed by atoms with van der Waals surface area (Å²) in [4.78, 5) is 32.2. The summed E-state index contributed by atoms with van der Waals surface area (Å²) in [5.41, 5.74) is 1.05. The summed E-state index contributed by atoms with van der Waals surface area (Å²) in [5.74, 6) is -0.0258. The van der Waals surface area contributed by atoms with E-state index in [1.165, 1.54) is 21.9 Å². The molecule has 3 heterocycles. The Balaban J connectivity index is 1.59. The quantitative estimate of drug-likeness (QED) is 0.732. The number of rotatable bonds is 4. The van der Waals surface area contributed by atoms with Crippen LogP contribution in [0.3, 0.4) is 0 Å². The first-order chi connectivity index (χ1) is 13.3. The third-order valence-corrected chi connectivity index (χ3v) is 6.04. The molecule has 1 aliphatic rings. The van der Waals surface area contributed by atoms with Gasteiger partial charge in [-0.15, -0.1) is 5.10 Å². The molecule has 1 aliphatic heterocycles. The van der Waals surface area contributed by atoms with Gasteiger partial charge < -0.3 is 10.2 Å². The molecule has 1 atom stereocenters.